The van der Waals surface area contributed by atoms with Crippen molar-refractivity contribution < 1.29 is 23.5 Å². The first-order valence-electron chi connectivity index (χ1n) is 8.75. The van der Waals surface area contributed by atoms with Crippen molar-refractivity contribution in [1.29, 1.82) is 0 Å². The molecule has 0 heterocycles. The van der Waals surface area contributed by atoms with Crippen LogP contribution in [-0.4, -0.2) is 24.6 Å². The summed E-state index contributed by atoms with van der Waals surface area (Å²) >= 11 is 5.86. The van der Waals surface area contributed by atoms with Crippen LogP contribution >= 0.6 is 11.6 Å². The Kier molecular flexibility index (Phi) is 7.02. The minimum Gasteiger partial charge on any atom is -0.482 e. The first-order valence-corrected chi connectivity index (χ1v) is 9.13. The number of carbonyl (C=O) groups excluding carboxylic acids is 2. The monoisotopic (exact) mass is 407 g/mol. The highest BCUT2D eigenvalue weighted by molar-refractivity contribution is 6.33. The maximum atomic E-state index is 13.0. The Hall–Kier alpha value is -2.60. The number of carbonyl (C=O) groups is 2. The summed E-state index contributed by atoms with van der Waals surface area (Å²) in [5, 5.41) is 2.53. The van der Waals surface area contributed by atoms with E-state index >= 15 is 0 Å². The number of amides is 1. The molecule has 1 N–H and O–H groups in total. The molecule has 0 aliphatic carbocycles. The van der Waals surface area contributed by atoms with Crippen molar-refractivity contribution >= 4 is 29.2 Å². The van der Waals surface area contributed by atoms with Crippen LogP contribution in [0.3, 0.4) is 0 Å². The molecule has 1 atom stereocenters. The molecule has 0 fully saturated rings. The molecule has 0 saturated carbocycles. The molecule has 0 radical (unpaired) electrons. The van der Waals surface area contributed by atoms with Crippen LogP contribution in [0.1, 0.15) is 33.3 Å². The van der Waals surface area contributed by atoms with E-state index in [-0.39, 0.29) is 22.7 Å². The second-order valence-electron chi connectivity index (χ2n) is 7.31. The van der Waals surface area contributed by atoms with Gasteiger partial charge in [0.1, 0.15) is 11.6 Å². The van der Waals surface area contributed by atoms with Gasteiger partial charge in [-0.15, -0.1) is 0 Å². The lowest BCUT2D eigenvalue weighted by Gasteiger charge is -2.19. The number of hydrogen-bond acceptors (Lipinski definition) is 4. The number of halogens is 2. The molecule has 7 heteroatoms. The molecule has 0 bridgehead atoms. The Morgan fingerprint density at radius 3 is 2.36 bits per heavy atom. The smallest absolute Gasteiger partial charge is 0.344 e. The van der Waals surface area contributed by atoms with Crippen molar-refractivity contribution in [2.45, 2.75) is 39.2 Å². The van der Waals surface area contributed by atoms with Crippen LogP contribution in [-0.2, 0) is 19.7 Å². The van der Waals surface area contributed by atoms with Gasteiger partial charge in [0, 0.05) is 0 Å². The summed E-state index contributed by atoms with van der Waals surface area (Å²) in [6, 6.07) is 11.0. The van der Waals surface area contributed by atoms with Gasteiger partial charge >= 0.3 is 5.97 Å². The van der Waals surface area contributed by atoms with E-state index in [2.05, 4.69) is 26.1 Å². The molecule has 28 heavy (non-hydrogen) atoms. The summed E-state index contributed by atoms with van der Waals surface area (Å²) in [5.41, 5.74) is 1.39. The van der Waals surface area contributed by atoms with Crippen molar-refractivity contribution in [2.75, 3.05) is 11.9 Å². The second-order valence-corrected chi connectivity index (χ2v) is 7.72. The summed E-state index contributed by atoms with van der Waals surface area (Å²) in [6.07, 6.45) is -1.07. The van der Waals surface area contributed by atoms with Crippen molar-refractivity contribution in [2.24, 2.45) is 0 Å². The summed E-state index contributed by atoms with van der Waals surface area (Å²) in [6.45, 7) is 7.40. The normalized spacial score (nSPS) is 12.2. The van der Waals surface area contributed by atoms with Crippen LogP contribution in [0.2, 0.25) is 5.02 Å². The molecule has 150 valence electrons. The van der Waals surface area contributed by atoms with Gasteiger partial charge in [0.15, 0.2) is 12.7 Å². The fourth-order valence-corrected chi connectivity index (χ4v) is 2.52. The summed E-state index contributed by atoms with van der Waals surface area (Å²) in [5.74, 6) is -1.26. The highest BCUT2D eigenvalue weighted by atomic mass is 35.5. The molecule has 5 nitrogen and oxygen atoms in total. The van der Waals surface area contributed by atoms with Crippen LogP contribution < -0.4 is 10.1 Å². The quantitative estimate of drug-likeness (QED) is 0.703. The van der Waals surface area contributed by atoms with E-state index in [1.165, 1.54) is 13.0 Å². The van der Waals surface area contributed by atoms with Crippen LogP contribution in [0.5, 0.6) is 5.75 Å². The molecule has 0 aromatic heterocycles. The molecule has 1 amide bonds. The average molecular weight is 408 g/mol. The number of ether oxygens (including phenoxy) is 2. The average Bonchev–Trinajstić information content (AvgIpc) is 2.61. The van der Waals surface area contributed by atoms with E-state index in [4.69, 9.17) is 21.1 Å². The lowest BCUT2D eigenvalue weighted by molar-refractivity contribution is -0.155. The molecule has 0 spiro atoms. The Bertz CT molecular complexity index is 846. The first kappa shape index (κ1) is 21.7. The topological polar surface area (TPSA) is 64.6 Å². The third-order valence-electron chi connectivity index (χ3n) is 3.94. The first-order chi connectivity index (χ1) is 13.1. The van der Waals surface area contributed by atoms with Gasteiger partial charge < -0.3 is 14.8 Å². The van der Waals surface area contributed by atoms with Crippen molar-refractivity contribution in [1.82, 2.24) is 0 Å². The van der Waals surface area contributed by atoms with E-state index in [1.54, 1.807) is 12.1 Å². The molecule has 0 aliphatic heterocycles. The van der Waals surface area contributed by atoms with E-state index in [1.807, 2.05) is 12.1 Å². The zero-order valence-electron chi connectivity index (χ0n) is 16.2. The maximum Gasteiger partial charge on any atom is 0.344 e. The number of anilines is 1. The number of hydrogen-bond donors (Lipinski definition) is 1. The predicted molar refractivity (Wildman–Crippen MR) is 106 cm³/mol. The van der Waals surface area contributed by atoms with Gasteiger partial charge in [-0.1, -0.05) is 44.5 Å². The van der Waals surface area contributed by atoms with E-state index in [0.717, 1.165) is 17.7 Å². The van der Waals surface area contributed by atoms with Gasteiger partial charge in [0.25, 0.3) is 5.91 Å². The van der Waals surface area contributed by atoms with Crippen molar-refractivity contribution in [3.05, 3.63) is 58.9 Å². The predicted octanol–water partition coefficient (Wildman–Crippen LogP) is 4.73. The third kappa shape index (κ3) is 6.23. The Morgan fingerprint density at radius 1 is 1.14 bits per heavy atom. The highest BCUT2D eigenvalue weighted by Crippen LogP contribution is 2.24. The fourth-order valence-electron chi connectivity index (χ4n) is 2.30. The lowest BCUT2D eigenvalue weighted by atomic mass is 9.87. The molecule has 2 aromatic rings. The zero-order chi connectivity index (χ0) is 20.9. The van der Waals surface area contributed by atoms with Gasteiger partial charge in [-0.3, -0.25) is 4.79 Å². The second kappa shape index (κ2) is 9.06. The van der Waals surface area contributed by atoms with Crippen LogP contribution in [0, 0.1) is 5.82 Å². The third-order valence-corrected chi connectivity index (χ3v) is 4.26. The van der Waals surface area contributed by atoms with Crippen molar-refractivity contribution in [3.8, 4) is 5.75 Å². The Morgan fingerprint density at radius 2 is 1.79 bits per heavy atom. The van der Waals surface area contributed by atoms with Crippen molar-refractivity contribution in [3.63, 3.8) is 0 Å². The Labute approximate surface area is 168 Å². The van der Waals surface area contributed by atoms with Gasteiger partial charge in [-0.2, -0.15) is 0 Å². The number of rotatable bonds is 6. The van der Waals surface area contributed by atoms with E-state index in [0.29, 0.717) is 5.75 Å². The molecule has 2 aromatic carbocycles. The highest BCUT2D eigenvalue weighted by Gasteiger charge is 2.19. The van der Waals surface area contributed by atoms with Crippen LogP contribution in [0.15, 0.2) is 42.5 Å². The van der Waals surface area contributed by atoms with Crippen LogP contribution in [0.4, 0.5) is 10.1 Å². The fraction of sp³-hybridized carbons (Fsp3) is 0.333. The van der Waals surface area contributed by atoms with Crippen LogP contribution in [0.25, 0.3) is 0 Å². The Balaban J connectivity index is 1.84. The number of nitrogens with one attached hydrogen (secondary N) is 1. The largest absolute Gasteiger partial charge is 0.482 e. The van der Waals surface area contributed by atoms with E-state index in [9.17, 15) is 14.0 Å². The van der Waals surface area contributed by atoms with Gasteiger partial charge in [0.2, 0.25) is 0 Å². The number of benzene rings is 2. The summed E-state index contributed by atoms with van der Waals surface area (Å²) in [7, 11) is 0. The van der Waals surface area contributed by atoms with Gasteiger partial charge in [-0.05, 0) is 48.2 Å². The SMILES string of the molecule is C[C@@H](OC(=O)COc1ccc(C(C)(C)C)cc1)C(=O)Nc1ccc(F)cc1Cl. The summed E-state index contributed by atoms with van der Waals surface area (Å²) < 4.78 is 23.5. The van der Waals surface area contributed by atoms with Gasteiger partial charge in [0.05, 0.1) is 10.7 Å². The minimum atomic E-state index is -1.07. The zero-order valence-corrected chi connectivity index (χ0v) is 17.0. The molecule has 0 saturated heterocycles. The molecule has 0 aliphatic rings. The minimum absolute atomic E-state index is 0.0215. The van der Waals surface area contributed by atoms with E-state index < -0.39 is 23.8 Å². The molecule has 2 rings (SSSR count). The molecule has 0 unspecified atom stereocenters. The number of esters is 1. The lowest BCUT2D eigenvalue weighted by Crippen LogP contribution is -2.31. The summed E-state index contributed by atoms with van der Waals surface area (Å²) in [4.78, 5) is 24.0. The maximum absolute atomic E-state index is 13.0. The standard InChI is InChI=1S/C21H23ClFNO4/c1-13(20(26)24-18-10-7-15(23)11-17(18)22)28-19(25)12-27-16-8-5-14(6-9-16)21(2,3)4/h5-11,13H,12H2,1-4H3,(H,24,26)/t13-/m1/s1. The molecular weight excluding hydrogens is 385 g/mol. The molecular formula is C21H23ClFNO4. The van der Waals surface area contributed by atoms with Gasteiger partial charge in [-0.25, -0.2) is 9.18 Å².